The van der Waals surface area contributed by atoms with Crippen molar-refractivity contribution in [2.24, 2.45) is 5.92 Å². The first kappa shape index (κ1) is 21.8. The molecule has 0 atom stereocenters. The topological polar surface area (TPSA) is 67.2 Å². The first-order chi connectivity index (χ1) is 14.2. The Balaban J connectivity index is 1.82. The molecule has 0 saturated carbocycles. The smallest absolute Gasteiger partial charge is 0.356 e. The normalized spacial score (nSPS) is 15.3. The summed E-state index contributed by atoms with van der Waals surface area (Å²) in [6.45, 7) is 2.81. The average molecular weight is 426 g/mol. The van der Waals surface area contributed by atoms with E-state index in [2.05, 4.69) is 10.4 Å². The van der Waals surface area contributed by atoms with Gasteiger partial charge in [0.15, 0.2) is 5.69 Å². The zero-order chi connectivity index (χ0) is 21.9. The van der Waals surface area contributed by atoms with Crippen LogP contribution in [-0.4, -0.2) is 46.1 Å². The van der Waals surface area contributed by atoms with Gasteiger partial charge in [0, 0.05) is 25.6 Å². The van der Waals surface area contributed by atoms with Gasteiger partial charge in [0.1, 0.15) is 11.5 Å². The van der Waals surface area contributed by atoms with E-state index in [4.69, 9.17) is 0 Å². The van der Waals surface area contributed by atoms with Crippen LogP contribution in [0.4, 0.5) is 17.6 Å². The van der Waals surface area contributed by atoms with Crippen LogP contribution in [0.2, 0.25) is 0 Å². The second-order valence-electron chi connectivity index (χ2n) is 7.13. The highest BCUT2D eigenvalue weighted by Gasteiger charge is 2.42. The third-order valence-corrected chi connectivity index (χ3v) is 5.05. The summed E-state index contributed by atoms with van der Waals surface area (Å²) in [4.78, 5) is 26.2. The molecule has 1 aromatic heterocycles. The van der Waals surface area contributed by atoms with E-state index in [0.717, 1.165) is 24.8 Å². The quantitative estimate of drug-likeness (QED) is 0.746. The molecule has 1 fully saturated rings. The highest BCUT2D eigenvalue weighted by Crippen LogP contribution is 2.35. The fourth-order valence-corrected chi connectivity index (χ4v) is 3.49. The van der Waals surface area contributed by atoms with E-state index in [1.165, 1.54) is 17.0 Å². The summed E-state index contributed by atoms with van der Waals surface area (Å²) in [5.41, 5.74) is -2.35. The molecule has 6 nitrogen and oxygen atoms in total. The van der Waals surface area contributed by atoms with Crippen LogP contribution < -0.4 is 5.32 Å². The van der Waals surface area contributed by atoms with E-state index in [9.17, 15) is 27.2 Å². The maximum absolute atomic E-state index is 14.1. The van der Waals surface area contributed by atoms with Crippen molar-refractivity contribution in [2.75, 3.05) is 19.6 Å². The summed E-state index contributed by atoms with van der Waals surface area (Å²) in [6.07, 6.45) is -2.57. The van der Waals surface area contributed by atoms with Gasteiger partial charge in [0.25, 0.3) is 5.91 Å². The number of nitrogens with zero attached hydrogens (tertiary/aromatic N) is 3. The Hall–Kier alpha value is -2.91. The molecule has 2 heterocycles. The third kappa shape index (κ3) is 4.47. The van der Waals surface area contributed by atoms with Crippen LogP contribution in [0.1, 0.15) is 42.2 Å². The average Bonchev–Trinajstić information content (AvgIpc) is 3.17. The molecule has 2 aromatic rings. The summed E-state index contributed by atoms with van der Waals surface area (Å²) < 4.78 is 55.8. The summed E-state index contributed by atoms with van der Waals surface area (Å²) in [7, 11) is 0. The number of piperidine rings is 1. The van der Waals surface area contributed by atoms with E-state index in [0.29, 0.717) is 24.1 Å². The van der Waals surface area contributed by atoms with Crippen molar-refractivity contribution in [1.29, 1.82) is 0 Å². The predicted octanol–water partition coefficient (Wildman–Crippen LogP) is 3.41. The molecule has 1 aliphatic rings. The predicted molar refractivity (Wildman–Crippen MR) is 100 cm³/mol. The number of likely N-dealkylation sites (tertiary alicyclic amines) is 1. The Kier molecular flexibility index (Phi) is 6.42. The zero-order valence-electron chi connectivity index (χ0n) is 16.4. The molecule has 2 amide bonds. The number of rotatable bonds is 5. The molecule has 0 aliphatic carbocycles. The van der Waals surface area contributed by atoms with Gasteiger partial charge in [0.05, 0.1) is 11.8 Å². The summed E-state index contributed by atoms with van der Waals surface area (Å²) in [5.74, 6) is -2.10. The van der Waals surface area contributed by atoms with Crippen LogP contribution in [0.3, 0.4) is 0 Å². The first-order valence-electron chi connectivity index (χ1n) is 9.71. The Morgan fingerprint density at radius 3 is 2.47 bits per heavy atom. The lowest BCUT2D eigenvalue weighted by Crippen LogP contribution is -2.43. The van der Waals surface area contributed by atoms with Gasteiger partial charge in [-0.3, -0.25) is 9.59 Å². The lowest BCUT2D eigenvalue weighted by atomic mass is 9.95. The van der Waals surface area contributed by atoms with Gasteiger partial charge in [-0.25, -0.2) is 9.07 Å². The zero-order valence-corrected chi connectivity index (χ0v) is 16.4. The second kappa shape index (κ2) is 8.85. The number of benzene rings is 1. The van der Waals surface area contributed by atoms with Gasteiger partial charge in [0.2, 0.25) is 5.91 Å². The van der Waals surface area contributed by atoms with Crippen molar-refractivity contribution in [1.82, 2.24) is 20.0 Å². The molecule has 1 N–H and O–H groups in total. The minimum atomic E-state index is -4.91. The Morgan fingerprint density at radius 2 is 1.87 bits per heavy atom. The second-order valence-corrected chi connectivity index (χ2v) is 7.13. The number of halogens is 4. The molecule has 1 aliphatic heterocycles. The molecular weight excluding hydrogens is 404 g/mol. The summed E-state index contributed by atoms with van der Waals surface area (Å²) in [6, 6.07) is 4.91. The Bertz CT molecular complexity index is 918. The number of amides is 2. The number of carbonyl (C=O) groups excluding carboxylic acids is 2. The van der Waals surface area contributed by atoms with Crippen LogP contribution in [0.25, 0.3) is 5.69 Å². The highest BCUT2D eigenvalue weighted by atomic mass is 19.4. The molecule has 30 heavy (non-hydrogen) atoms. The molecule has 1 saturated heterocycles. The van der Waals surface area contributed by atoms with E-state index in [1.807, 2.05) is 6.92 Å². The largest absolute Gasteiger partial charge is 0.434 e. The fourth-order valence-electron chi connectivity index (χ4n) is 3.49. The van der Waals surface area contributed by atoms with Crippen LogP contribution >= 0.6 is 0 Å². The molecule has 3 rings (SSSR count). The van der Waals surface area contributed by atoms with Gasteiger partial charge < -0.3 is 10.2 Å². The summed E-state index contributed by atoms with van der Waals surface area (Å²) in [5, 5.41) is 6.45. The molecule has 1 aromatic carbocycles. The number of hydrogen-bond acceptors (Lipinski definition) is 3. The Morgan fingerprint density at radius 1 is 1.20 bits per heavy atom. The standard InChI is InChI=1S/C20H22F4N4O2/c1-2-9-25-18(29)13-7-10-27(11-8-13)19(30)14-12-26-28(17(14)20(22,23)24)16-6-4-3-5-15(16)21/h3-6,12-13H,2,7-11H2,1H3,(H,25,29). The maximum Gasteiger partial charge on any atom is 0.434 e. The van der Waals surface area contributed by atoms with Gasteiger partial charge in [-0.2, -0.15) is 18.3 Å². The minimum Gasteiger partial charge on any atom is -0.356 e. The van der Waals surface area contributed by atoms with Crippen molar-refractivity contribution in [3.8, 4) is 5.69 Å². The minimum absolute atomic E-state index is 0.104. The van der Waals surface area contributed by atoms with Crippen LogP contribution in [-0.2, 0) is 11.0 Å². The molecular formula is C20H22F4N4O2. The molecule has 0 radical (unpaired) electrons. The van der Waals surface area contributed by atoms with Gasteiger partial charge in [-0.05, 0) is 31.4 Å². The summed E-state index contributed by atoms with van der Waals surface area (Å²) >= 11 is 0. The van der Waals surface area contributed by atoms with Gasteiger partial charge >= 0.3 is 6.18 Å². The van der Waals surface area contributed by atoms with Gasteiger partial charge in [-0.1, -0.05) is 19.1 Å². The first-order valence-corrected chi connectivity index (χ1v) is 9.71. The van der Waals surface area contributed by atoms with Crippen molar-refractivity contribution < 1.29 is 27.2 Å². The number of hydrogen-bond donors (Lipinski definition) is 1. The van der Waals surface area contributed by atoms with E-state index in [-0.39, 0.29) is 24.9 Å². The van der Waals surface area contributed by atoms with E-state index < -0.39 is 34.8 Å². The lowest BCUT2D eigenvalue weighted by Gasteiger charge is -2.31. The number of aromatic nitrogens is 2. The van der Waals surface area contributed by atoms with Crippen LogP contribution in [0, 0.1) is 11.7 Å². The van der Waals surface area contributed by atoms with E-state index in [1.54, 1.807) is 0 Å². The van der Waals surface area contributed by atoms with Crippen molar-refractivity contribution in [3.05, 3.63) is 47.5 Å². The number of carbonyl (C=O) groups is 2. The molecule has 0 unspecified atom stereocenters. The maximum atomic E-state index is 14.1. The number of alkyl halides is 3. The van der Waals surface area contributed by atoms with Gasteiger partial charge in [-0.15, -0.1) is 0 Å². The molecule has 162 valence electrons. The lowest BCUT2D eigenvalue weighted by molar-refractivity contribution is -0.143. The van der Waals surface area contributed by atoms with Crippen molar-refractivity contribution >= 4 is 11.8 Å². The fraction of sp³-hybridized carbons (Fsp3) is 0.450. The van der Waals surface area contributed by atoms with Crippen LogP contribution in [0.15, 0.2) is 30.5 Å². The Labute approximate surface area is 170 Å². The third-order valence-electron chi connectivity index (χ3n) is 5.05. The van der Waals surface area contributed by atoms with Crippen molar-refractivity contribution in [2.45, 2.75) is 32.4 Å². The highest BCUT2D eigenvalue weighted by molar-refractivity contribution is 5.95. The van der Waals surface area contributed by atoms with Crippen LogP contribution in [0.5, 0.6) is 0 Å². The molecule has 0 bridgehead atoms. The van der Waals surface area contributed by atoms with Crippen molar-refractivity contribution in [3.63, 3.8) is 0 Å². The SMILES string of the molecule is CCCNC(=O)C1CCN(C(=O)c2cnn(-c3ccccc3F)c2C(F)(F)F)CC1. The molecule has 0 spiro atoms. The number of para-hydroxylation sites is 1. The molecule has 10 heteroatoms. The number of nitrogens with one attached hydrogen (secondary N) is 1. The monoisotopic (exact) mass is 426 g/mol. The van der Waals surface area contributed by atoms with E-state index >= 15 is 0 Å².